The zero-order chi connectivity index (χ0) is 20.0. The van der Waals surface area contributed by atoms with Crippen LogP contribution in [0, 0.1) is 5.82 Å². The van der Waals surface area contributed by atoms with Gasteiger partial charge in [0.05, 0.1) is 12.0 Å². The fourth-order valence-corrected chi connectivity index (χ4v) is 3.63. The van der Waals surface area contributed by atoms with Crippen molar-refractivity contribution in [3.63, 3.8) is 0 Å². The number of nitrogens with one attached hydrogen (secondary N) is 1. The van der Waals surface area contributed by atoms with Gasteiger partial charge < -0.3 is 14.8 Å². The summed E-state index contributed by atoms with van der Waals surface area (Å²) in [5.74, 6) is -0.474. The highest BCUT2D eigenvalue weighted by molar-refractivity contribution is 5.94. The van der Waals surface area contributed by atoms with Gasteiger partial charge in [0.25, 0.3) is 5.91 Å². The number of hydrogen-bond donors (Lipinski definition) is 1. The first-order chi connectivity index (χ1) is 13.5. The third-order valence-corrected chi connectivity index (χ3v) is 5.03. The van der Waals surface area contributed by atoms with Crippen LogP contribution in [-0.4, -0.2) is 25.1 Å². The number of amides is 1. The first-order valence-electron chi connectivity index (χ1n) is 9.49. The molecule has 28 heavy (non-hydrogen) atoms. The Morgan fingerprint density at radius 1 is 1.04 bits per heavy atom. The van der Waals surface area contributed by atoms with E-state index in [0.717, 1.165) is 24.2 Å². The summed E-state index contributed by atoms with van der Waals surface area (Å²) in [5.41, 5.74) is 0.537. The van der Waals surface area contributed by atoms with Crippen molar-refractivity contribution in [1.29, 1.82) is 0 Å². The Labute approximate surface area is 163 Å². The van der Waals surface area contributed by atoms with Crippen LogP contribution in [0.4, 0.5) is 10.1 Å². The number of ether oxygens (including phenoxy) is 2. The van der Waals surface area contributed by atoms with E-state index in [1.165, 1.54) is 12.1 Å². The summed E-state index contributed by atoms with van der Waals surface area (Å²) in [6, 6.07) is 12.9. The van der Waals surface area contributed by atoms with E-state index in [0.29, 0.717) is 25.1 Å². The van der Waals surface area contributed by atoms with Crippen LogP contribution in [0.2, 0.25) is 0 Å². The predicted molar refractivity (Wildman–Crippen MR) is 104 cm³/mol. The fraction of sp³-hybridized carbons (Fsp3) is 0.364. The third kappa shape index (κ3) is 4.50. The molecule has 2 aromatic rings. The summed E-state index contributed by atoms with van der Waals surface area (Å²) in [6.45, 7) is 2.10. The average molecular weight is 385 g/mol. The minimum atomic E-state index is -0.798. The lowest BCUT2D eigenvalue weighted by atomic mass is 9.79. The van der Waals surface area contributed by atoms with E-state index in [2.05, 4.69) is 5.32 Å². The van der Waals surface area contributed by atoms with Crippen molar-refractivity contribution < 1.29 is 23.5 Å². The van der Waals surface area contributed by atoms with Gasteiger partial charge in [-0.25, -0.2) is 4.39 Å². The Balaban J connectivity index is 1.60. The Morgan fingerprint density at radius 3 is 2.29 bits per heavy atom. The molecule has 0 aliphatic heterocycles. The van der Waals surface area contributed by atoms with E-state index < -0.39 is 17.3 Å². The minimum absolute atomic E-state index is 0.347. The van der Waals surface area contributed by atoms with Gasteiger partial charge in [-0.15, -0.1) is 0 Å². The second kappa shape index (κ2) is 8.87. The lowest BCUT2D eigenvalue weighted by Crippen LogP contribution is -2.36. The maximum atomic E-state index is 13.3. The molecule has 5 nitrogen and oxygen atoms in total. The number of hydrogen-bond acceptors (Lipinski definition) is 4. The van der Waals surface area contributed by atoms with Crippen LogP contribution in [-0.2, 0) is 19.7 Å². The molecule has 1 saturated carbocycles. The molecule has 2 aromatic carbocycles. The van der Waals surface area contributed by atoms with Gasteiger partial charge in [0.1, 0.15) is 11.6 Å². The SMILES string of the molecule is CCOc1ccc(NC(=O)COC(=O)C2(c3ccc(F)cc3)CCCC2)cc1. The molecule has 0 unspecified atom stereocenters. The molecule has 0 atom stereocenters. The molecule has 0 saturated heterocycles. The molecule has 1 N–H and O–H groups in total. The summed E-state index contributed by atoms with van der Waals surface area (Å²) >= 11 is 0. The van der Waals surface area contributed by atoms with Crippen LogP contribution in [0.5, 0.6) is 5.75 Å². The Kier molecular flexibility index (Phi) is 6.29. The van der Waals surface area contributed by atoms with Gasteiger partial charge in [-0.2, -0.15) is 0 Å². The summed E-state index contributed by atoms with van der Waals surface area (Å²) in [6.07, 6.45) is 3.06. The normalized spacial score (nSPS) is 15.1. The molecule has 0 radical (unpaired) electrons. The highest BCUT2D eigenvalue weighted by Crippen LogP contribution is 2.42. The van der Waals surface area contributed by atoms with Gasteiger partial charge in [0.2, 0.25) is 0 Å². The fourth-order valence-electron chi connectivity index (χ4n) is 3.63. The molecule has 6 heteroatoms. The Hall–Kier alpha value is -2.89. The van der Waals surface area contributed by atoms with Gasteiger partial charge in [-0.1, -0.05) is 25.0 Å². The van der Waals surface area contributed by atoms with Gasteiger partial charge in [-0.3, -0.25) is 9.59 Å². The van der Waals surface area contributed by atoms with E-state index in [1.54, 1.807) is 36.4 Å². The molecule has 3 rings (SSSR count). The molecule has 148 valence electrons. The van der Waals surface area contributed by atoms with Gasteiger partial charge >= 0.3 is 5.97 Å². The van der Waals surface area contributed by atoms with Gasteiger partial charge in [-0.05, 0) is 61.7 Å². The summed E-state index contributed by atoms with van der Waals surface area (Å²) in [7, 11) is 0. The third-order valence-electron chi connectivity index (χ3n) is 5.03. The molecular weight excluding hydrogens is 361 g/mol. The predicted octanol–water partition coefficient (Wildman–Crippen LogP) is 4.22. The topological polar surface area (TPSA) is 64.6 Å². The van der Waals surface area contributed by atoms with E-state index in [1.807, 2.05) is 6.92 Å². The van der Waals surface area contributed by atoms with E-state index in [4.69, 9.17) is 9.47 Å². The minimum Gasteiger partial charge on any atom is -0.494 e. The van der Waals surface area contributed by atoms with Crippen LogP contribution in [0.25, 0.3) is 0 Å². The number of halogens is 1. The molecule has 1 amide bonds. The van der Waals surface area contributed by atoms with Gasteiger partial charge in [0, 0.05) is 5.69 Å². The van der Waals surface area contributed by atoms with Crippen LogP contribution >= 0.6 is 0 Å². The summed E-state index contributed by atoms with van der Waals surface area (Å²) in [5, 5.41) is 2.70. The largest absolute Gasteiger partial charge is 0.494 e. The maximum absolute atomic E-state index is 13.3. The smallest absolute Gasteiger partial charge is 0.317 e. The highest BCUT2D eigenvalue weighted by atomic mass is 19.1. The van der Waals surface area contributed by atoms with Crippen LogP contribution < -0.4 is 10.1 Å². The molecule has 0 heterocycles. The molecule has 0 aromatic heterocycles. The molecular formula is C22H24FNO4. The first-order valence-corrected chi connectivity index (χ1v) is 9.49. The second-order valence-electron chi connectivity index (χ2n) is 6.88. The molecule has 1 fully saturated rings. The molecule has 1 aliphatic rings. The summed E-state index contributed by atoms with van der Waals surface area (Å²) < 4.78 is 23.9. The van der Waals surface area contributed by atoms with Crippen molar-refractivity contribution in [3.05, 3.63) is 59.9 Å². The molecule has 1 aliphatic carbocycles. The van der Waals surface area contributed by atoms with E-state index >= 15 is 0 Å². The maximum Gasteiger partial charge on any atom is 0.317 e. The Morgan fingerprint density at radius 2 is 1.68 bits per heavy atom. The van der Waals surface area contributed by atoms with E-state index in [-0.39, 0.29) is 12.4 Å². The molecule has 0 spiro atoms. The lowest BCUT2D eigenvalue weighted by Gasteiger charge is -2.27. The van der Waals surface area contributed by atoms with Crippen LogP contribution in [0.1, 0.15) is 38.2 Å². The van der Waals surface area contributed by atoms with E-state index in [9.17, 15) is 14.0 Å². The highest BCUT2D eigenvalue weighted by Gasteiger charge is 2.44. The van der Waals surface area contributed by atoms with Crippen LogP contribution in [0.15, 0.2) is 48.5 Å². The zero-order valence-corrected chi connectivity index (χ0v) is 15.9. The van der Waals surface area contributed by atoms with Crippen molar-refractivity contribution in [1.82, 2.24) is 0 Å². The zero-order valence-electron chi connectivity index (χ0n) is 15.9. The number of carbonyl (C=O) groups excluding carboxylic acids is 2. The van der Waals surface area contributed by atoms with Crippen molar-refractivity contribution in [2.75, 3.05) is 18.5 Å². The van der Waals surface area contributed by atoms with Crippen molar-refractivity contribution in [3.8, 4) is 5.75 Å². The number of carbonyl (C=O) groups is 2. The second-order valence-corrected chi connectivity index (χ2v) is 6.88. The number of benzene rings is 2. The van der Waals surface area contributed by atoms with Crippen molar-refractivity contribution in [2.45, 2.75) is 38.0 Å². The summed E-state index contributed by atoms with van der Waals surface area (Å²) in [4.78, 5) is 25.0. The number of esters is 1. The monoisotopic (exact) mass is 385 g/mol. The number of rotatable bonds is 7. The quantitative estimate of drug-likeness (QED) is 0.725. The van der Waals surface area contributed by atoms with Crippen molar-refractivity contribution in [2.24, 2.45) is 0 Å². The number of anilines is 1. The van der Waals surface area contributed by atoms with Gasteiger partial charge in [0.15, 0.2) is 6.61 Å². The lowest BCUT2D eigenvalue weighted by molar-refractivity contribution is -0.153. The Bertz CT molecular complexity index is 811. The first kappa shape index (κ1) is 19.9. The van der Waals surface area contributed by atoms with Crippen molar-refractivity contribution >= 4 is 17.6 Å². The standard InChI is InChI=1S/C22H24FNO4/c1-2-27-19-11-9-18(10-12-19)24-20(25)15-28-21(26)22(13-3-4-14-22)16-5-7-17(23)8-6-16/h5-12H,2-4,13-15H2,1H3,(H,24,25). The average Bonchev–Trinajstić information content (AvgIpc) is 3.19. The molecule has 0 bridgehead atoms. The van der Waals surface area contributed by atoms with Crippen LogP contribution in [0.3, 0.4) is 0 Å².